The molecule has 1 aliphatic rings. The molecule has 0 saturated heterocycles. The Balaban J connectivity index is 1.30. The van der Waals surface area contributed by atoms with Crippen molar-refractivity contribution in [3.63, 3.8) is 0 Å². The van der Waals surface area contributed by atoms with E-state index in [9.17, 15) is 14.7 Å². The van der Waals surface area contributed by atoms with E-state index in [1.54, 1.807) is 26.2 Å². The number of aliphatic carboxylic acids is 1. The van der Waals surface area contributed by atoms with Crippen molar-refractivity contribution in [1.82, 2.24) is 0 Å². The number of hydrogen-bond donors (Lipinski definition) is 2. The zero-order valence-electron chi connectivity index (χ0n) is 20.5. The highest BCUT2D eigenvalue weighted by Crippen LogP contribution is 2.48. The van der Waals surface area contributed by atoms with Crippen molar-refractivity contribution < 1.29 is 23.8 Å². The highest BCUT2D eigenvalue weighted by Gasteiger charge is 2.51. The molecular formula is C30H26ClNO5. The lowest BCUT2D eigenvalue weighted by atomic mass is 9.93. The number of nitrogens with one attached hydrogen (secondary N) is 1. The maximum Gasteiger partial charge on any atom is 0.412 e. The Morgan fingerprint density at radius 3 is 2.16 bits per heavy atom. The summed E-state index contributed by atoms with van der Waals surface area (Å²) in [4.78, 5) is 24.3. The van der Waals surface area contributed by atoms with Crippen LogP contribution in [-0.2, 0) is 14.9 Å². The molecule has 6 nitrogen and oxygen atoms in total. The van der Waals surface area contributed by atoms with Crippen molar-refractivity contribution in [1.29, 1.82) is 0 Å². The van der Waals surface area contributed by atoms with Gasteiger partial charge in [-0.15, -0.1) is 0 Å². The number of carboxylic acids is 1. The van der Waals surface area contributed by atoms with Gasteiger partial charge in [0.25, 0.3) is 0 Å². The van der Waals surface area contributed by atoms with Crippen molar-refractivity contribution in [2.45, 2.75) is 38.2 Å². The number of ether oxygens (including phenoxy) is 1. The topological polar surface area (TPSA) is 88.8 Å². The standard InChI is InChI=1S/C30H26ClNO5/c1-18(24-5-3-4-6-26(24)31)37-29(35)32-27-19(2)36-17-25(27)22-9-7-20(8-10-22)21-11-13-23(14-12-21)30(15-16-30)28(33)34/h3-14,17-18H,15-16H2,1-2H3,(H,32,35)(H,33,34). The van der Waals surface area contributed by atoms with Crippen molar-refractivity contribution >= 4 is 29.4 Å². The van der Waals surface area contributed by atoms with Crippen molar-refractivity contribution in [3.05, 3.63) is 101 Å². The average molecular weight is 516 g/mol. The smallest absolute Gasteiger partial charge is 0.412 e. The van der Waals surface area contributed by atoms with E-state index in [0.717, 1.165) is 33.4 Å². The molecule has 1 aromatic heterocycles. The molecule has 1 atom stereocenters. The summed E-state index contributed by atoms with van der Waals surface area (Å²) in [5, 5.41) is 12.9. The second-order valence-electron chi connectivity index (χ2n) is 9.32. The summed E-state index contributed by atoms with van der Waals surface area (Å²) < 4.78 is 11.2. The average Bonchev–Trinajstić information content (AvgIpc) is 3.64. The number of rotatable bonds is 7. The molecule has 1 unspecified atom stereocenters. The van der Waals surface area contributed by atoms with E-state index in [1.165, 1.54) is 0 Å². The van der Waals surface area contributed by atoms with Crippen molar-refractivity contribution in [2.24, 2.45) is 0 Å². The van der Waals surface area contributed by atoms with Crippen LogP contribution in [0.15, 0.2) is 83.5 Å². The molecule has 1 saturated carbocycles. The maximum absolute atomic E-state index is 12.7. The fourth-order valence-corrected chi connectivity index (χ4v) is 4.85. The van der Waals surface area contributed by atoms with Gasteiger partial charge in [0.15, 0.2) is 0 Å². The quantitative estimate of drug-likeness (QED) is 0.260. The lowest BCUT2D eigenvalue weighted by molar-refractivity contribution is -0.140. The number of carbonyl (C=O) groups is 2. The number of hydrogen-bond acceptors (Lipinski definition) is 4. The van der Waals surface area contributed by atoms with Crippen LogP contribution in [0.2, 0.25) is 5.02 Å². The van der Waals surface area contributed by atoms with E-state index < -0.39 is 23.6 Å². The number of benzene rings is 3. The first-order valence-electron chi connectivity index (χ1n) is 12.0. The minimum absolute atomic E-state index is 0.527. The van der Waals surface area contributed by atoms with Gasteiger partial charge in [-0.3, -0.25) is 10.1 Å². The van der Waals surface area contributed by atoms with E-state index >= 15 is 0 Å². The molecule has 1 amide bonds. The van der Waals surface area contributed by atoms with Crippen LogP contribution in [0.25, 0.3) is 22.3 Å². The predicted octanol–water partition coefficient (Wildman–Crippen LogP) is 8.00. The molecule has 3 aromatic carbocycles. The number of carbonyl (C=O) groups excluding carboxylic acids is 1. The van der Waals surface area contributed by atoms with Gasteiger partial charge in [-0.1, -0.05) is 78.3 Å². The number of carboxylic acid groups (broad SMARTS) is 1. The first-order chi connectivity index (χ1) is 17.8. The summed E-state index contributed by atoms with van der Waals surface area (Å²) in [6.45, 7) is 3.54. The zero-order valence-corrected chi connectivity index (χ0v) is 21.2. The number of anilines is 1. The minimum atomic E-state index is -0.758. The van der Waals surface area contributed by atoms with E-state index in [1.807, 2.05) is 66.7 Å². The lowest BCUT2D eigenvalue weighted by Gasteiger charge is -2.16. The lowest BCUT2D eigenvalue weighted by Crippen LogP contribution is -2.19. The first kappa shape index (κ1) is 24.7. The van der Waals surface area contributed by atoms with Crippen molar-refractivity contribution in [3.8, 4) is 22.3 Å². The summed E-state index contributed by atoms with van der Waals surface area (Å²) in [5.41, 5.74) is 5.00. The Labute approximate surface area is 219 Å². The van der Waals surface area contributed by atoms with Gasteiger partial charge in [0.1, 0.15) is 18.1 Å². The van der Waals surface area contributed by atoms with E-state index in [2.05, 4.69) is 5.32 Å². The van der Waals surface area contributed by atoms with Gasteiger partial charge >= 0.3 is 12.1 Å². The predicted molar refractivity (Wildman–Crippen MR) is 143 cm³/mol. The summed E-state index contributed by atoms with van der Waals surface area (Å²) in [7, 11) is 0. The van der Waals surface area contributed by atoms with Crippen LogP contribution in [0.5, 0.6) is 0 Å². The highest BCUT2D eigenvalue weighted by molar-refractivity contribution is 6.31. The van der Waals surface area contributed by atoms with Gasteiger partial charge in [0.05, 0.1) is 11.1 Å². The molecule has 1 fully saturated rings. The molecule has 188 valence electrons. The second kappa shape index (κ2) is 9.79. The normalized spacial score (nSPS) is 14.6. The van der Waals surface area contributed by atoms with Gasteiger partial charge in [-0.25, -0.2) is 4.79 Å². The monoisotopic (exact) mass is 515 g/mol. The summed E-state index contributed by atoms with van der Waals surface area (Å²) >= 11 is 6.23. The van der Waals surface area contributed by atoms with Crippen LogP contribution in [0, 0.1) is 6.92 Å². The van der Waals surface area contributed by atoms with Gasteiger partial charge in [0, 0.05) is 16.1 Å². The van der Waals surface area contributed by atoms with Crippen LogP contribution < -0.4 is 5.32 Å². The largest absolute Gasteiger partial charge is 0.481 e. The molecule has 0 spiro atoms. The molecular weight excluding hydrogens is 490 g/mol. The first-order valence-corrected chi connectivity index (χ1v) is 12.4. The Bertz CT molecular complexity index is 1450. The Morgan fingerprint density at radius 1 is 0.973 bits per heavy atom. The number of furan rings is 1. The van der Waals surface area contributed by atoms with Gasteiger partial charge < -0.3 is 14.3 Å². The molecule has 4 aromatic rings. The van der Waals surface area contributed by atoms with Crippen LogP contribution in [0.3, 0.4) is 0 Å². The molecule has 0 radical (unpaired) electrons. The Kier molecular flexibility index (Phi) is 6.52. The van der Waals surface area contributed by atoms with Gasteiger partial charge in [0.2, 0.25) is 0 Å². The molecule has 5 rings (SSSR count). The van der Waals surface area contributed by atoms with Gasteiger partial charge in [-0.2, -0.15) is 0 Å². The number of halogens is 1. The molecule has 0 aliphatic heterocycles. The third kappa shape index (κ3) is 4.85. The fraction of sp³-hybridized carbons (Fsp3) is 0.200. The third-order valence-electron chi connectivity index (χ3n) is 6.96. The SMILES string of the molecule is Cc1occ(-c2ccc(-c3ccc(C4(C(=O)O)CC4)cc3)cc2)c1NC(=O)OC(C)c1ccccc1Cl. The molecule has 7 heteroatoms. The summed E-state index contributed by atoms with van der Waals surface area (Å²) in [6, 6.07) is 22.8. The fourth-order valence-electron chi connectivity index (χ4n) is 4.56. The molecule has 0 bridgehead atoms. The summed E-state index contributed by atoms with van der Waals surface area (Å²) in [5.74, 6) is -0.198. The molecule has 2 N–H and O–H groups in total. The number of amides is 1. The summed E-state index contributed by atoms with van der Waals surface area (Å²) in [6.07, 6.45) is 1.84. The van der Waals surface area contributed by atoms with Crippen LogP contribution >= 0.6 is 11.6 Å². The maximum atomic E-state index is 12.7. The van der Waals surface area contributed by atoms with Crippen molar-refractivity contribution in [2.75, 3.05) is 5.32 Å². The minimum Gasteiger partial charge on any atom is -0.481 e. The van der Waals surface area contributed by atoms with E-state index in [0.29, 0.717) is 29.3 Å². The van der Waals surface area contributed by atoms with Crippen LogP contribution in [0.4, 0.5) is 10.5 Å². The Hall–Kier alpha value is -4.03. The number of aryl methyl sites for hydroxylation is 1. The van der Waals surface area contributed by atoms with Crippen LogP contribution in [-0.4, -0.2) is 17.2 Å². The Morgan fingerprint density at radius 2 is 1.57 bits per heavy atom. The molecule has 1 aliphatic carbocycles. The third-order valence-corrected chi connectivity index (χ3v) is 7.30. The molecule has 1 heterocycles. The van der Waals surface area contributed by atoms with Crippen LogP contribution in [0.1, 0.15) is 42.8 Å². The zero-order chi connectivity index (χ0) is 26.2. The van der Waals surface area contributed by atoms with Gasteiger partial charge in [-0.05, 0) is 55.0 Å². The van der Waals surface area contributed by atoms with E-state index in [4.69, 9.17) is 20.8 Å². The highest BCUT2D eigenvalue weighted by atomic mass is 35.5. The molecule has 37 heavy (non-hydrogen) atoms. The van der Waals surface area contributed by atoms with E-state index in [-0.39, 0.29) is 0 Å². The second-order valence-corrected chi connectivity index (χ2v) is 9.72.